The largest absolute Gasteiger partial charge is 0.441 e. The fourth-order valence-corrected chi connectivity index (χ4v) is 2.59. The van der Waals surface area contributed by atoms with E-state index in [-0.39, 0.29) is 6.10 Å². The molecule has 6 nitrogen and oxygen atoms in total. The molecule has 0 aliphatic rings. The summed E-state index contributed by atoms with van der Waals surface area (Å²) >= 11 is 0. The van der Waals surface area contributed by atoms with Gasteiger partial charge in [0.15, 0.2) is 5.76 Å². The summed E-state index contributed by atoms with van der Waals surface area (Å²) < 4.78 is 10.9. The quantitative estimate of drug-likeness (QED) is 0.710. The topological polar surface area (TPSA) is 90.4 Å². The predicted molar refractivity (Wildman–Crippen MR) is 99.5 cm³/mol. The number of benzene rings is 2. The number of aryl methyl sites for hydroxylation is 1. The van der Waals surface area contributed by atoms with E-state index in [1.807, 2.05) is 61.5 Å². The lowest BCUT2D eigenvalue weighted by Crippen LogP contribution is -2.16. The number of aromatic nitrogens is 1. The molecule has 0 aliphatic heterocycles. The van der Waals surface area contributed by atoms with Gasteiger partial charge in [-0.25, -0.2) is 4.79 Å². The van der Waals surface area contributed by atoms with Crippen molar-refractivity contribution in [3.05, 3.63) is 71.4 Å². The molecule has 134 valence electrons. The van der Waals surface area contributed by atoms with E-state index in [0.29, 0.717) is 23.7 Å². The Morgan fingerprint density at radius 1 is 1.19 bits per heavy atom. The molecule has 6 heteroatoms. The molecule has 1 amide bonds. The van der Waals surface area contributed by atoms with Gasteiger partial charge in [-0.3, -0.25) is 5.32 Å². The standard InChI is InChI=1S/C20H21N3O3/c1-13-18(19(26-23-13)17-10-8-15(12-21)9-11-17)22-20(24)25-14(2)16-6-4-3-5-7-16/h3-11,14H,12,21H2,1-2H3,(H,22,24)/t14-/m1/s1. The van der Waals surface area contributed by atoms with Gasteiger partial charge in [-0.05, 0) is 25.0 Å². The van der Waals surface area contributed by atoms with Crippen molar-refractivity contribution in [2.75, 3.05) is 5.32 Å². The van der Waals surface area contributed by atoms with Crippen molar-refractivity contribution >= 4 is 11.8 Å². The summed E-state index contributed by atoms with van der Waals surface area (Å²) in [5.41, 5.74) is 9.42. The lowest BCUT2D eigenvalue weighted by Gasteiger charge is -2.14. The molecule has 0 spiro atoms. The number of hydrogen-bond donors (Lipinski definition) is 2. The van der Waals surface area contributed by atoms with Crippen molar-refractivity contribution in [2.45, 2.75) is 26.5 Å². The van der Waals surface area contributed by atoms with Gasteiger partial charge in [-0.15, -0.1) is 0 Å². The Labute approximate surface area is 152 Å². The van der Waals surface area contributed by atoms with Gasteiger partial charge in [0.05, 0.1) is 0 Å². The van der Waals surface area contributed by atoms with E-state index in [4.69, 9.17) is 15.0 Å². The molecule has 0 saturated heterocycles. The highest BCUT2D eigenvalue weighted by molar-refractivity contribution is 5.90. The van der Waals surface area contributed by atoms with Crippen LogP contribution in [0.1, 0.15) is 29.8 Å². The van der Waals surface area contributed by atoms with Crippen LogP contribution in [0.15, 0.2) is 59.1 Å². The van der Waals surface area contributed by atoms with Crippen LogP contribution in [-0.2, 0) is 11.3 Å². The Bertz CT molecular complexity index is 873. The zero-order valence-corrected chi connectivity index (χ0v) is 14.7. The third kappa shape index (κ3) is 3.92. The van der Waals surface area contributed by atoms with E-state index in [9.17, 15) is 4.79 Å². The Kier molecular flexibility index (Phi) is 5.34. The molecule has 26 heavy (non-hydrogen) atoms. The first-order valence-electron chi connectivity index (χ1n) is 8.36. The minimum Gasteiger partial charge on any atom is -0.441 e. The van der Waals surface area contributed by atoms with Crippen molar-refractivity contribution in [1.82, 2.24) is 5.16 Å². The number of nitrogens with two attached hydrogens (primary N) is 1. The molecule has 3 N–H and O–H groups in total. The highest BCUT2D eigenvalue weighted by atomic mass is 16.6. The molecule has 0 bridgehead atoms. The molecular formula is C20H21N3O3. The monoisotopic (exact) mass is 351 g/mol. The number of nitrogens with zero attached hydrogens (tertiary/aromatic N) is 1. The van der Waals surface area contributed by atoms with Crippen LogP contribution in [0.25, 0.3) is 11.3 Å². The van der Waals surface area contributed by atoms with Crippen molar-refractivity contribution < 1.29 is 14.1 Å². The molecule has 0 radical (unpaired) electrons. The lowest BCUT2D eigenvalue weighted by atomic mass is 10.1. The summed E-state index contributed by atoms with van der Waals surface area (Å²) in [7, 11) is 0. The lowest BCUT2D eigenvalue weighted by molar-refractivity contribution is 0.121. The van der Waals surface area contributed by atoms with Crippen molar-refractivity contribution in [3.8, 4) is 11.3 Å². The van der Waals surface area contributed by atoms with Crippen molar-refractivity contribution in [2.24, 2.45) is 5.73 Å². The second kappa shape index (κ2) is 7.84. The second-order valence-electron chi connectivity index (χ2n) is 5.96. The van der Waals surface area contributed by atoms with Gasteiger partial charge < -0.3 is 15.0 Å². The number of rotatable bonds is 5. The molecule has 0 aliphatic carbocycles. The van der Waals surface area contributed by atoms with Gasteiger partial charge in [-0.1, -0.05) is 59.8 Å². The summed E-state index contributed by atoms with van der Waals surface area (Å²) in [5.74, 6) is 0.482. The minimum atomic E-state index is -0.563. The molecule has 0 unspecified atom stereocenters. The number of carbonyl (C=O) groups excluding carboxylic acids is 1. The number of amides is 1. The second-order valence-corrected chi connectivity index (χ2v) is 5.96. The predicted octanol–water partition coefficient (Wildman–Crippen LogP) is 4.42. The highest BCUT2D eigenvalue weighted by Crippen LogP contribution is 2.31. The number of nitrogens with one attached hydrogen (secondary N) is 1. The molecule has 3 aromatic rings. The molecule has 1 atom stereocenters. The average molecular weight is 351 g/mol. The number of carbonyl (C=O) groups is 1. The van der Waals surface area contributed by atoms with Crippen LogP contribution in [0.5, 0.6) is 0 Å². The third-order valence-corrected chi connectivity index (χ3v) is 4.09. The molecule has 2 aromatic carbocycles. The van der Waals surface area contributed by atoms with Crippen LogP contribution in [-0.4, -0.2) is 11.2 Å². The summed E-state index contributed by atoms with van der Waals surface area (Å²) in [6, 6.07) is 17.1. The van der Waals surface area contributed by atoms with Crippen LogP contribution in [0.3, 0.4) is 0 Å². The van der Waals surface area contributed by atoms with Crippen LogP contribution in [0.4, 0.5) is 10.5 Å². The van der Waals surface area contributed by atoms with Gasteiger partial charge in [0, 0.05) is 12.1 Å². The molecule has 1 aromatic heterocycles. The smallest absolute Gasteiger partial charge is 0.412 e. The van der Waals surface area contributed by atoms with Gasteiger partial charge in [0.2, 0.25) is 0 Å². The maximum Gasteiger partial charge on any atom is 0.412 e. The Morgan fingerprint density at radius 3 is 2.54 bits per heavy atom. The maximum absolute atomic E-state index is 12.3. The van der Waals surface area contributed by atoms with Crippen LogP contribution in [0.2, 0.25) is 0 Å². The van der Waals surface area contributed by atoms with E-state index in [1.165, 1.54) is 0 Å². The van der Waals surface area contributed by atoms with E-state index < -0.39 is 6.09 Å². The van der Waals surface area contributed by atoms with Crippen LogP contribution < -0.4 is 11.1 Å². The summed E-state index contributed by atoms with van der Waals surface area (Å²) in [4.78, 5) is 12.3. The summed E-state index contributed by atoms with van der Waals surface area (Å²) in [5, 5.41) is 6.70. The zero-order valence-electron chi connectivity index (χ0n) is 14.7. The average Bonchev–Trinajstić information content (AvgIpc) is 3.03. The normalized spacial score (nSPS) is 11.8. The number of hydrogen-bond acceptors (Lipinski definition) is 5. The Hall–Kier alpha value is -3.12. The van der Waals surface area contributed by atoms with E-state index in [0.717, 1.165) is 16.7 Å². The third-order valence-electron chi connectivity index (χ3n) is 4.09. The Morgan fingerprint density at radius 2 is 1.88 bits per heavy atom. The van der Waals surface area contributed by atoms with Crippen molar-refractivity contribution in [3.63, 3.8) is 0 Å². The first-order chi connectivity index (χ1) is 12.6. The fourth-order valence-electron chi connectivity index (χ4n) is 2.59. The maximum atomic E-state index is 12.3. The number of anilines is 1. The fraction of sp³-hybridized carbons (Fsp3) is 0.200. The van der Waals surface area contributed by atoms with E-state index in [1.54, 1.807) is 6.92 Å². The zero-order chi connectivity index (χ0) is 18.5. The molecular weight excluding hydrogens is 330 g/mol. The van der Waals surface area contributed by atoms with Gasteiger partial charge in [0.1, 0.15) is 17.5 Å². The van der Waals surface area contributed by atoms with Gasteiger partial charge >= 0.3 is 6.09 Å². The molecule has 0 saturated carbocycles. The van der Waals surface area contributed by atoms with Crippen molar-refractivity contribution in [1.29, 1.82) is 0 Å². The number of ether oxygens (including phenoxy) is 1. The minimum absolute atomic E-state index is 0.372. The van der Waals surface area contributed by atoms with E-state index >= 15 is 0 Å². The molecule has 1 heterocycles. The van der Waals surface area contributed by atoms with Crippen LogP contribution >= 0.6 is 0 Å². The van der Waals surface area contributed by atoms with Gasteiger partial charge in [0.25, 0.3) is 0 Å². The first-order valence-corrected chi connectivity index (χ1v) is 8.36. The summed E-state index contributed by atoms with van der Waals surface area (Å²) in [6.07, 6.45) is -0.934. The Balaban J connectivity index is 1.75. The molecule has 3 rings (SSSR count). The van der Waals surface area contributed by atoms with Gasteiger partial charge in [-0.2, -0.15) is 0 Å². The first kappa shape index (κ1) is 17.7. The highest BCUT2D eigenvalue weighted by Gasteiger charge is 2.19. The van der Waals surface area contributed by atoms with E-state index in [2.05, 4.69) is 10.5 Å². The summed E-state index contributed by atoms with van der Waals surface area (Å²) in [6.45, 7) is 4.05. The SMILES string of the molecule is Cc1noc(-c2ccc(CN)cc2)c1NC(=O)O[C@H](C)c1ccccc1. The van der Waals surface area contributed by atoms with Crippen LogP contribution in [0, 0.1) is 6.92 Å². The molecule has 0 fully saturated rings.